The first kappa shape index (κ1) is 12.0. The maximum atomic E-state index is 9.52. The lowest BCUT2D eigenvalue weighted by Crippen LogP contribution is -1.91. The molecule has 0 aliphatic heterocycles. The molecule has 0 spiro atoms. The fraction of sp³-hybridized carbons (Fsp3) is 0. The fourth-order valence-corrected chi connectivity index (χ4v) is 1.73. The molecule has 6 N–H and O–H groups in total. The van der Waals surface area contributed by atoms with Crippen LogP contribution < -0.4 is 11.2 Å². The van der Waals surface area contributed by atoms with E-state index in [2.05, 4.69) is 15.5 Å². The van der Waals surface area contributed by atoms with Gasteiger partial charge in [0.1, 0.15) is 5.82 Å². The average Bonchev–Trinajstić information content (AvgIpc) is 2.75. The zero-order valence-electron chi connectivity index (χ0n) is 9.03. The van der Waals surface area contributed by atoms with Gasteiger partial charge in [0.05, 0.1) is 6.21 Å². The summed E-state index contributed by atoms with van der Waals surface area (Å²) >= 11 is 1.28. The average molecular weight is 266 g/mol. The molecule has 1 heterocycles. The SMILES string of the molecule is Nc1csc(NN=Cc2ccc(O)c(O)c2O)n1. The van der Waals surface area contributed by atoms with E-state index in [4.69, 9.17) is 10.8 Å². The van der Waals surface area contributed by atoms with Crippen LogP contribution >= 0.6 is 11.3 Å². The zero-order chi connectivity index (χ0) is 13.1. The molecule has 7 nitrogen and oxygen atoms in total. The van der Waals surface area contributed by atoms with Crippen LogP contribution in [0.25, 0.3) is 0 Å². The van der Waals surface area contributed by atoms with Crippen LogP contribution in [0.2, 0.25) is 0 Å². The molecular weight excluding hydrogens is 256 g/mol. The Morgan fingerprint density at radius 3 is 2.72 bits per heavy atom. The highest BCUT2D eigenvalue weighted by atomic mass is 32.1. The summed E-state index contributed by atoms with van der Waals surface area (Å²) in [6.07, 6.45) is 1.28. The van der Waals surface area contributed by atoms with Crippen LogP contribution in [0.1, 0.15) is 5.56 Å². The molecule has 18 heavy (non-hydrogen) atoms. The van der Waals surface area contributed by atoms with Gasteiger partial charge >= 0.3 is 0 Å². The van der Waals surface area contributed by atoms with Gasteiger partial charge in [-0.2, -0.15) is 5.10 Å². The molecule has 0 aliphatic rings. The lowest BCUT2D eigenvalue weighted by molar-refractivity contribution is 0.367. The van der Waals surface area contributed by atoms with Crippen LogP contribution in [0.15, 0.2) is 22.6 Å². The first-order chi connectivity index (χ1) is 8.58. The molecule has 2 aromatic rings. The van der Waals surface area contributed by atoms with Gasteiger partial charge in [0.25, 0.3) is 0 Å². The molecule has 0 saturated carbocycles. The van der Waals surface area contributed by atoms with Crippen LogP contribution in [0.5, 0.6) is 17.2 Å². The molecule has 0 radical (unpaired) electrons. The Labute approximate surface area is 106 Å². The normalized spacial score (nSPS) is 10.9. The third-order valence-electron chi connectivity index (χ3n) is 2.05. The Morgan fingerprint density at radius 2 is 2.06 bits per heavy atom. The Morgan fingerprint density at radius 1 is 1.28 bits per heavy atom. The molecule has 0 saturated heterocycles. The number of aromatic hydroxyl groups is 3. The van der Waals surface area contributed by atoms with Crippen molar-refractivity contribution in [1.29, 1.82) is 0 Å². The first-order valence-corrected chi connectivity index (χ1v) is 5.70. The summed E-state index contributed by atoms with van der Waals surface area (Å²) in [7, 11) is 0. The van der Waals surface area contributed by atoms with Crippen LogP contribution in [0.3, 0.4) is 0 Å². The highest BCUT2D eigenvalue weighted by Crippen LogP contribution is 2.36. The smallest absolute Gasteiger partial charge is 0.205 e. The molecular formula is C10H10N4O3S. The van der Waals surface area contributed by atoms with Gasteiger partial charge in [0.2, 0.25) is 10.9 Å². The van der Waals surface area contributed by atoms with Gasteiger partial charge in [-0.3, -0.25) is 5.43 Å². The molecule has 1 aromatic carbocycles. The van der Waals surface area contributed by atoms with Gasteiger partial charge in [0.15, 0.2) is 11.5 Å². The Bertz CT molecular complexity index is 597. The third-order valence-corrected chi connectivity index (χ3v) is 2.81. The fourth-order valence-electron chi connectivity index (χ4n) is 1.18. The minimum Gasteiger partial charge on any atom is -0.504 e. The topological polar surface area (TPSA) is 124 Å². The molecule has 0 unspecified atom stereocenters. The van der Waals surface area contributed by atoms with Gasteiger partial charge in [-0.15, -0.1) is 11.3 Å². The standard InChI is InChI=1S/C10H10N4O3S/c11-7-4-18-10(13-7)14-12-3-5-1-2-6(15)9(17)8(5)16/h1-4,15-17H,11H2,(H,13,14). The van der Waals surface area contributed by atoms with E-state index in [1.54, 1.807) is 5.38 Å². The highest BCUT2D eigenvalue weighted by Gasteiger charge is 2.09. The molecule has 0 amide bonds. The van der Waals surface area contributed by atoms with E-state index in [0.29, 0.717) is 10.9 Å². The number of phenolic OH excluding ortho intramolecular Hbond substituents is 3. The number of nitrogens with zero attached hydrogens (tertiary/aromatic N) is 2. The number of hydrazone groups is 1. The Hall–Kier alpha value is -2.48. The van der Waals surface area contributed by atoms with Gasteiger partial charge in [-0.1, -0.05) is 0 Å². The van der Waals surface area contributed by atoms with Crippen molar-refractivity contribution in [3.05, 3.63) is 23.1 Å². The summed E-state index contributed by atoms with van der Waals surface area (Å²) in [5.74, 6) is -1.04. The van der Waals surface area contributed by atoms with E-state index in [0.717, 1.165) is 0 Å². The summed E-state index contributed by atoms with van der Waals surface area (Å²) in [5.41, 5.74) is 8.30. The van der Waals surface area contributed by atoms with E-state index in [9.17, 15) is 10.2 Å². The second kappa shape index (κ2) is 4.80. The number of rotatable bonds is 3. The molecule has 0 fully saturated rings. The minimum atomic E-state index is -0.586. The number of nitrogens with two attached hydrogens (primary N) is 1. The van der Waals surface area contributed by atoms with Crippen molar-refractivity contribution in [2.75, 3.05) is 11.2 Å². The summed E-state index contributed by atoms with van der Waals surface area (Å²) in [6, 6.07) is 2.66. The summed E-state index contributed by atoms with van der Waals surface area (Å²) in [4.78, 5) is 3.92. The second-order valence-electron chi connectivity index (χ2n) is 3.32. The summed E-state index contributed by atoms with van der Waals surface area (Å²) in [5, 5.41) is 33.9. The number of phenols is 3. The third kappa shape index (κ3) is 2.43. The predicted molar refractivity (Wildman–Crippen MR) is 69.2 cm³/mol. The lowest BCUT2D eigenvalue weighted by atomic mass is 10.2. The van der Waals surface area contributed by atoms with E-state index in [-0.39, 0.29) is 5.56 Å². The van der Waals surface area contributed by atoms with E-state index in [1.165, 1.54) is 29.7 Å². The van der Waals surface area contributed by atoms with Crippen molar-refractivity contribution >= 4 is 28.5 Å². The number of hydrogen-bond donors (Lipinski definition) is 5. The van der Waals surface area contributed by atoms with Gasteiger partial charge in [0, 0.05) is 10.9 Å². The quantitative estimate of drug-likeness (QED) is 0.324. The summed E-state index contributed by atoms with van der Waals surface area (Å²) in [6.45, 7) is 0. The molecule has 0 atom stereocenters. The monoisotopic (exact) mass is 266 g/mol. The number of hydrogen-bond acceptors (Lipinski definition) is 8. The number of nitrogens with one attached hydrogen (secondary N) is 1. The van der Waals surface area contributed by atoms with Crippen molar-refractivity contribution < 1.29 is 15.3 Å². The lowest BCUT2D eigenvalue weighted by Gasteiger charge is -2.03. The van der Waals surface area contributed by atoms with E-state index >= 15 is 0 Å². The number of benzene rings is 1. The van der Waals surface area contributed by atoms with Gasteiger partial charge < -0.3 is 21.1 Å². The van der Waals surface area contributed by atoms with Gasteiger partial charge in [-0.25, -0.2) is 4.98 Å². The maximum absolute atomic E-state index is 9.52. The molecule has 8 heteroatoms. The van der Waals surface area contributed by atoms with Crippen molar-refractivity contribution in [3.8, 4) is 17.2 Å². The number of thiazole rings is 1. The predicted octanol–water partition coefficient (Wildman–Crippen LogP) is 1.29. The molecule has 2 rings (SSSR count). The molecule has 0 bridgehead atoms. The van der Waals surface area contributed by atoms with Crippen LogP contribution in [-0.2, 0) is 0 Å². The number of anilines is 2. The second-order valence-corrected chi connectivity index (χ2v) is 4.18. The van der Waals surface area contributed by atoms with Gasteiger partial charge in [-0.05, 0) is 12.1 Å². The first-order valence-electron chi connectivity index (χ1n) is 4.82. The van der Waals surface area contributed by atoms with E-state index < -0.39 is 17.2 Å². The summed E-state index contributed by atoms with van der Waals surface area (Å²) < 4.78 is 0. The maximum Gasteiger partial charge on any atom is 0.205 e. The Kier molecular flexibility index (Phi) is 3.20. The number of aromatic nitrogens is 1. The van der Waals surface area contributed by atoms with Crippen molar-refractivity contribution in [1.82, 2.24) is 4.98 Å². The largest absolute Gasteiger partial charge is 0.504 e. The van der Waals surface area contributed by atoms with Crippen molar-refractivity contribution in [3.63, 3.8) is 0 Å². The highest BCUT2D eigenvalue weighted by molar-refractivity contribution is 7.14. The van der Waals surface area contributed by atoms with E-state index in [1.807, 2.05) is 0 Å². The van der Waals surface area contributed by atoms with Crippen LogP contribution in [0.4, 0.5) is 10.9 Å². The molecule has 0 aliphatic carbocycles. The van der Waals surface area contributed by atoms with Crippen molar-refractivity contribution in [2.24, 2.45) is 5.10 Å². The molecule has 1 aromatic heterocycles. The Balaban J connectivity index is 2.12. The molecule has 94 valence electrons. The zero-order valence-corrected chi connectivity index (χ0v) is 9.85. The minimum absolute atomic E-state index is 0.252. The van der Waals surface area contributed by atoms with Crippen LogP contribution in [0, 0.1) is 0 Å². The van der Waals surface area contributed by atoms with Crippen LogP contribution in [-0.4, -0.2) is 26.5 Å². The number of nitrogen functional groups attached to an aromatic ring is 1. The van der Waals surface area contributed by atoms with Crippen molar-refractivity contribution in [2.45, 2.75) is 0 Å².